The van der Waals surface area contributed by atoms with E-state index in [1.165, 1.54) is 13.8 Å². The molecular weight excluding hydrogens is 748 g/mol. The molecule has 0 aromatic rings. The van der Waals surface area contributed by atoms with E-state index < -0.39 is 104 Å². The number of aliphatic hydroxyl groups is 11. The molecule has 5 aliphatic carbocycles. The van der Waals surface area contributed by atoms with Gasteiger partial charge in [0.2, 0.25) is 0 Å². The smallest absolute Gasteiger partial charge is 0.187 e. The van der Waals surface area contributed by atoms with Crippen molar-refractivity contribution in [1.82, 2.24) is 0 Å². The molecule has 0 amide bonds. The highest BCUT2D eigenvalue weighted by molar-refractivity contribution is 5.83. The Kier molecular flexibility index (Phi) is 12.2. The second kappa shape index (κ2) is 15.8. The lowest BCUT2D eigenvalue weighted by atomic mass is 9.48. The zero-order valence-corrected chi connectivity index (χ0v) is 33.7. The minimum Gasteiger partial charge on any atom is -0.394 e. The minimum absolute atomic E-state index is 0.0320. The molecule has 2 saturated heterocycles. The van der Waals surface area contributed by atoms with E-state index in [1.54, 1.807) is 0 Å². The zero-order chi connectivity index (χ0) is 41.6. The van der Waals surface area contributed by atoms with E-state index in [1.807, 2.05) is 6.92 Å². The largest absolute Gasteiger partial charge is 0.394 e. The molecule has 7 rings (SSSR count). The van der Waals surface area contributed by atoms with Gasteiger partial charge in [-0.05, 0) is 111 Å². The van der Waals surface area contributed by atoms with Crippen LogP contribution in [0.4, 0.5) is 0 Å². The van der Waals surface area contributed by atoms with Crippen LogP contribution < -0.4 is 0 Å². The van der Waals surface area contributed by atoms with Crippen molar-refractivity contribution in [2.75, 3.05) is 26.4 Å². The third-order valence-corrected chi connectivity index (χ3v) is 17.1. The number of ketones is 1. The molecular formula is C41H68O16. The summed E-state index contributed by atoms with van der Waals surface area (Å²) < 4.78 is 23.5. The molecule has 21 atom stereocenters. The Morgan fingerprint density at radius 3 is 2.02 bits per heavy atom. The van der Waals surface area contributed by atoms with Crippen molar-refractivity contribution in [2.45, 2.75) is 171 Å². The van der Waals surface area contributed by atoms with Gasteiger partial charge >= 0.3 is 0 Å². The second-order valence-electron chi connectivity index (χ2n) is 19.9. The van der Waals surface area contributed by atoms with Crippen molar-refractivity contribution in [3.63, 3.8) is 0 Å². The van der Waals surface area contributed by atoms with Gasteiger partial charge in [0.1, 0.15) is 60.2 Å². The summed E-state index contributed by atoms with van der Waals surface area (Å²) >= 11 is 0. The van der Waals surface area contributed by atoms with Crippen LogP contribution in [0.25, 0.3) is 0 Å². The van der Waals surface area contributed by atoms with Crippen LogP contribution in [0.1, 0.15) is 91.9 Å². The topological polar surface area (TPSA) is 277 Å². The molecule has 16 heteroatoms. The molecule has 2 aliphatic heterocycles. The number of aliphatic hydroxyl groups excluding tert-OH is 9. The molecule has 0 aromatic heterocycles. The van der Waals surface area contributed by atoms with E-state index in [2.05, 4.69) is 6.92 Å². The first kappa shape index (κ1) is 44.1. The minimum atomic E-state index is -1.84. The first-order chi connectivity index (χ1) is 26.7. The zero-order valence-electron chi connectivity index (χ0n) is 33.7. The van der Waals surface area contributed by atoms with Gasteiger partial charge in [-0.15, -0.1) is 0 Å². The summed E-state index contributed by atoms with van der Waals surface area (Å²) in [6, 6.07) is 0. The van der Waals surface area contributed by atoms with Gasteiger partial charge in [0, 0.05) is 18.8 Å². The van der Waals surface area contributed by atoms with E-state index in [4.69, 9.17) is 18.9 Å². The van der Waals surface area contributed by atoms with Crippen LogP contribution in [0, 0.1) is 51.8 Å². The lowest BCUT2D eigenvalue weighted by molar-refractivity contribution is -0.368. The maximum absolute atomic E-state index is 13.8. The highest BCUT2D eigenvalue weighted by Crippen LogP contribution is 2.85. The molecule has 0 unspecified atom stereocenters. The maximum atomic E-state index is 13.8. The van der Waals surface area contributed by atoms with Crippen molar-refractivity contribution in [1.29, 1.82) is 0 Å². The van der Waals surface area contributed by atoms with Crippen LogP contribution in [0.15, 0.2) is 0 Å². The number of ether oxygens (including phenoxy) is 4. The van der Waals surface area contributed by atoms with E-state index in [0.29, 0.717) is 18.3 Å². The van der Waals surface area contributed by atoms with Crippen molar-refractivity contribution >= 4 is 5.78 Å². The van der Waals surface area contributed by atoms with Gasteiger partial charge in [-0.1, -0.05) is 13.8 Å². The number of carbonyl (C=O) groups is 1. The van der Waals surface area contributed by atoms with Crippen molar-refractivity contribution in [3.05, 3.63) is 0 Å². The van der Waals surface area contributed by atoms with Gasteiger partial charge in [-0.3, -0.25) is 4.79 Å². The molecule has 2 heterocycles. The molecule has 7 aliphatic rings. The average Bonchev–Trinajstić information content (AvgIpc) is 3.72. The summed E-state index contributed by atoms with van der Waals surface area (Å²) in [5.41, 5.74) is -3.41. The molecule has 16 nitrogen and oxygen atoms in total. The monoisotopic (exact) mass is 816 g/mol. The standard InChI is InChI=1S/C41H68O16/c1-19(26(46)13-41(53,18-44)37(2,3)52)21-5-7-23-24-8-6-22-20(25(45)9-10-39(22)17-40(24,39)12-11-38(21,23)4)16-54-36-34(32(50)30(48)28(15-43)56-36)57-35-33(51)31(49)29(47)27(14-42)55-35/h19-24,26-36,42-44,46-53H,5-18H2,1-4H3/t19-,20-,21+,22-,23-,24-,26+,27+,28+,29+,30+,31-,32-,33+,34+,35-,36+,38+,39+,40-,41-/m0/s1. The number of fused-ring (bicyclic) bond motifs is 2. The van der Waals surface area contributed by atoms with Crippen LogP contribution in [0.5, 0.6) is 0 Å². The number of Topliss-reactive ketones (excluding diaryl/α,β-unsaturated/α-hetero) is 1. The summed E-state index contributed by atoms with van der Waals surface area (Å²) in [4.78, 5) is 13.8. The Morgan fingerprint density at radius 2 is 1.39 bits per heavy atom. The molecule has 7 fully saturated rings. The van der Waals surface area contributed by atoms with Crippen molar-refractivity contribution in [3.8, 4) is 0 Å². The lowest BCUT2D eigenvalue weighted by Gasteiger charge is -2.57. The Hall–Kier alpha value is -0.930. The summed E-state index contributed by atoms with van der Waals surface area (Å²) in [5, 5.41) is 116. The van der Waals surface area contributed by atoms with Gasteiger partial charge in [0.25, 0.3) is 0 Å². The van der Waals surface area contributed by atoms with Crippen LogP contribution in [0.3, 0.4) is 0 Å². The Labute approximate surface area is 334 Å². The normalized spacial score (nSPS) is 50.5. The maximum Gasteiger partial charge on any atom is 0.187 e. The van der Waals surface area contributed by atoms with Crippen molar-refractivity contribution < 1.29 is 79.9 Å². The summed E-state index contributed by atoms with van der Waals surface area (Å²) in [7, 11) is 0. The van der Waals surface area contributed by atoms with Crippen LogP contribution in [-0.4, -0.2) is 167 Å². The third-order valence-electron chi connectivity index (χ3n) is 17.1. The van der Waals surface area contributed by atoms with Gasteiger partial charge < -0.3 is 75.1 Å². The predicted molar refractivity (Wildman–Crippen MR) is 197 cm³/mol. The van der Waals surface area contributed by atoms with Gasteiger partial charge in [0.05, 0.1) is 38.1 Å². The average molecular weight is 817 g/mol. The molecule has 11 N–H and O–H groups in total. The molecule has 5 saturated carbocycles. The number of rotatable bonds is 13. The van der Waals surface area contributed by atoms with Crippen LogP contribution in [0.2, 0.25) is 0 Å². The number of hydrogen-bond donors (Lipinski definition) is 11. The Balaban J connectivity index is 1.05. The molecule has 328 valence electrons. The first-order valence-electron chi connectivity index (χ1n) is 21.2. The highest BCUT2D eigenvalue weighted by Gasteiger charge is 2.79. The van der Waals surface area contributed by atoms with E-state index in [0.717, 1.165) is 51.4 Å². The first-order valence-corrected chi connectivity index (χ1v) is 21.2. The summed E-state index contributed by atoms with van der Waals surface area (Å²) in [6.07, 6.45) is -8.74. The molecule has 0 aromatic carbocycles. The van der Waals surface area contributed by atoms with Gasteiger partial charge in [-0.2, -0.15) is 0 Å². The molecule has 0 bridgehead atoms. The number of hydrogen-bond acceptors (Lipinski definition) is 16. The highest BCUT2D eigenvalue weighted by atomic mass is 16.8. The van der Waals surface area contributed by atoms with Gasteiger partial charge in [-0.25, -0.2) is 0 Å². The Morgan fingerprint density at radius 1 is 0.789 bits per heavy atom. The van der Waals surface area contributed by atoms with E-state index in [9.17, 15) is 61.0 Å². The van der Waals surface area contributed by atoms with Gasteiger partial charge in [0.15, 0.2) is 12.6 Å². The molecule has 2 spiro atoms. The third kappa shape index (κ3) is 6.98. The van der Waals surface area contributed by atoms with E-state index in [-0.39, 0.29) is 52.8 Å². The predicted octanol–water partition coefficient (Wildman–Crippen LogP) is -1.28. The quantitative estimate of drug-likeness (QED) is 0.103. The summed E-state index contributed by atoms with van der Waals surface area (Å²) in [5.74, 6) is 0.581. The second-order valence-corrected chi connectivity index (χ2v) is 19.9. The molecule has 0 radical (unpaired) electrons. The number of carbonyl (C=O) groups excluding carboxylic acids is 1. The summed E-state index contributed by atoms with van der Waals surface area (Å²) in [6.45, 7) is 5.17. The SMILES string of the molecule is C[C@H]([C@H](O)C[C@](O)(CO)C(C)(C)O)[C@H]1CC[C@H]2[C@@H]3CC[C@H]4[C@H](CO[C@@H]5O[C@H](CO)[C@@H](O)[C@H](O)[C@H]5O[C@@H]5O[C@H](CO)[C@@H](O)[C@H](O)[C@H]5O)C(=O)CC[C@@]45C[C@@]35CC[C@]12C. The van der Waals surface area contributed by atoms with Crippen LogP contribution in [-0.2, 0) is 23.7 Å². The fourth-order valence-corrected chi connectivity index (χ4v) is 13.5. The van der Waals surface area contributed by atoms with E-state index >= 15 is 0 Å². The van der Waals surface area contributed by atoms with Crippen LogP contribution >= 0.6 is 0 Å². The molecule has 57 heavy (non-hydrogen) atoms. The fraction of sp³-hybridized carbons (Fsp3) is 0.976. The Bertz CT molecular complexity index is 1440. The fourth-order valence-electron chi connectivity index (χ4n) is 13.5. The van der Waals surface area contributed by atoms with Crippen molar-refractivity contribution in [2.24, 2.45) is 51.8 Å². The lowest BCUT2D eigenvalue weighted by Crippen LogP contribution is -2.64.